The molecule has 0 aliphatic heterocycles. The Bertz CT molecular complexity index is 870. The van der Waals surface area contributed by atoms with Crippen LogP contribution < -0.4 is 0 Å². The van der Waals surface area contributed by atoms with Crippen molar-refractivity contribution in [1.29, 1.82) is 0 Å². The van der Waals surface area contributed by atoms with Gasteiger partial charge in [0.15, 0.2) is 0 Å². The van der Waals surface area contributed by atoms with Crippen molar-refractivity contribution in [3.63, 3.8) is 0 Å². The van der Waals surface area contributed by atoms with Gasteiger partial charge in [-0.25, -0.2) is 0 Å². The molecule has 0 aromatic heterocycles. The SMILES string of the molecule is CCC(C)(CC)C(=O)OCC(C)(CC)C(=O)OCC(C)(COC(=O)C(C)(CC)COC(=O)C(C)(CC)CC)C(=O)OC. The van der Waals surface area contributed by atoms with E-state index in [-0.39, 0.29) is 25.2 Å². The molecule has 0 rings (SSSR count). The van der Waals surface area contributed by atoms with E-state index in [1.165, 1.54) is 14.0 Å². The van der Waals surface area contributed by atoms with Gasteiger partial charge in [0.1, 0.15) is 31.8 Å². The maximum absolute atomic E-state index is 13.2. The minimum absolute atomic E-state index is 0.177. The van der Waals surface area contributed by atoms with Gasteiger partial charge in [-0.15, -0.1) is 0 Å². The molecule has 244 valence electrons. The van der Waals surface area contributed by atoms with Crippen LogP contribution in [-0.2, 0) is 47.7 Å². The van der Waals surface area contributed by atoms with Crippen molar-refractivity contribution in [2.45, 2.75) is 115 Å². The molecule has 0 fully saturated rings. The zero-order valence-electron chi connectivity index (χ0n) is 28.2. The summed E-state index contributed by atoms with van der Waals surface area (Å²) in [5.74, 6) is -2.82. The van der Waals surface area contributed by atoms with Crippen molar-refractivity contribution < 1.29 is 47.7 Å². The van der Waals surface area contributed by atoms with Gasteiger partial charge in [-0.3, -0.25) is 24.0 Å². The van der Waals surface area contributed by atoms with Crippen LogP contribution in [0.5, 0.6) is 0 Å². The molecule has 2 unspecified atom stereocenters. The molecule has 10 heteroatoms. The highest BCUT2D eigenvalue weighted by atomic mass is 16.6. The molecule has 0 amide bonds. The van der Waals surface area contributed by atoms with Gasteiger partial charge in [0.25, 0.3) is 0 Å². The summed E-state index contributed by atoms with van der Waals surface area (Å²) in [6, 6.07) is 0. The van der Waals surface area contributed by atoms with E-state index < -0.39 is 58.2 Å². The van der Waals surface area contributed by atoms with Gasteiger partial charge in [0, 0.05) is 0 Å². The van der Waals surface area contributed by atoms with Crippen LogP contribution in [0.25, 0.3) is 0 Å². The average molecular weight is 601 g/mol. The first kappa shape index (κ1) is 39.4. The number of carbonyl (C=O) groups is 5. The predicted molar refractivity (Wildman–Crippen MR) is 158 cm³/mol. The summed E-state index contributed by atoms with van der Waals surface area (Å²) in [4.78, 5) is 64.4. The minimum Gasteiger partial charge on any atom is -0.468 e. The lowest BCUT2D eigenvalue weighted by Gasteiger charge is -2.32. The highest BCUT2D eigenvalue weighted by molar-refractivity contribution is 5.82. The molecule has 0 aliphatic carbocycles. The van der Waals surface area contributed by atoms with Crippen LogP contribution in [0.4, 0.5) is 0 Å². The Hall–Kier alpha value is -2.65. The fourth-order valence-corrected chi connectivity index (χ4v) is 3.69. The van der Waals surface area contributed by atoms with E-state index in [2.05, 4.69) is 0 Å². The van der Waals surface area contributed by atoms with Gasteiger partial charge in [-0.1, -0.05) is 41.5 Å². The van der Waals surface area contributed by atoms with E-state index in [9.17, 15) is 24.0 Å². The number of hydrogen-bond donors (Lipinski definition) is 0. The third kappa shape index (κ3) is 9.69. The monoisotopic (exact) mass is 600 g/mol. The van der Waals surface area contributed by atoms with Gasteiger partial charge in [0.2, 0.25) is 0 Å². The van der Waals surface area contributed by atoms with Crippen molar-refractivity contribution >= 4 is 29.8 Å². The second-order valence-electron chi connectivity index (χ2n) is 12.7. The fourth-order valence-electron chi connectivity index (χ4n) is 3.69. The molecule has 0 spiro atoms. The smallest absolute Gasteiger partial charge is 0.318 e. The van der Waals surface area contributed by atoms with E-state index in [1.807, 2.05) is 41.5 Å². The van der Waals surface area contributed by atoms with Crippen molar-refractivity contribution in [3.8, 4) is 0 Å². The Morgan fingerprint density at radius 2 is 0.595 bits per heavy atom. The predicted octanol–water partition coefficient (Wildman–Crippen LogP) is 5.82. The molecule has 0 saturated heterocycles. The Morgan fingerprint density at radius 1 is 0.381 bits per heavy atom. The molecule has 0 aromatic carbocycles. The third-order valence-corrected chi connectivity index (χ3v) is 9.42. The second-order valence-corrected chi connectivity index (χ2v) is 12.7. The third-order valence-electron chi connectivity index (χ3n) is 9.42. The summed E-state index contributed by atoms with van der Waals surface area (Å²) in [5.41, 5.74) is -5.11. The molecular formula is C32H56O10. The molecule has 0 heterocycles. The maximum atomic E-state index is 13.2. The molecule has 10 nitrogen and oxygen atoms in total. The van der Waals surface area contributed by atoms with Crippen LogP contribution in [0.3, 0.4) is 0 Å². The molecular weight excluding hydrogens is 544 g/mol. The number of rotatable bonds is 19. The molecule has 0 aromatic rings. The Morgan fingerprint density at radius 3 is 0.810 bits per heavy atom. The zero-order valence-corrected chi connectivity index (χ0v) is 28.2. The lowest BCUT2D eigenvalue weighted by molar-refractivity contribution is -0.178. The number of hydrogen-bond acceptors (Lipinski definition) is 10. The lowest BCUT2D eigenvalue weighted by Crippen LogP contribution is -2.45. The molecule has 0 bridgehead atoms. The summed E-state index contributed by atoms with van der Waals surface area (Å²) in [7, 11) is 1.19. The van der Waals surface area contributed by atoms with Crippen LogP contribution in [0.1, 0.15) is 115 Å². The molecule has 0 saturated carbocycles. The van der Waals surface area contributed by atoms with Gasteiger partial charge < -0.3 is 23.7 Å². The van der Waals surface area contributed by atoms with E-state index >= 15 is 0 Å². The highest BCUT2D eigenvalue weighted by Crippen LogP contribution is 2.33. The molecule has 0 aliphatic rings. The van der Waals surface area contributed by atoms with Crippen molar-refractivity contribution in [1.82, 2.24) is 0 Å². The molecule has 42 heavy (non-hydrogen) atoms. The largest absolute Gasteiger partial charge is 0.468 e. The van der Waals surface area contributed by atoms with E-state index in [0.717, 1.165) is 0 Å². The first-order valence-electron chi connectivity index (χ1n) is 15.1. The van der Waals surface area contributed by atoms with Crippen LogP contribution in [0.2, 0.25) is 0 Å². The summed E-state index contributed by atoms with van der Waals surface area (Å²) in [6.07, 6.45) is 3.04. The quantitative estimate of drug-likeness (QED) is 0.132. The van der Waals surface area contributed by atoms with Crippen molar-refractivity contribution in [2.24, 2.45) is 27.1 Å². The minimum atomic E-state index is -1.51. The summed E-state index contributed by atoms with van der Waals surface area (Å²) < 4.78 is 27.1. The second kappa shape index (κ2) is 16.3. The zero-order chi connectivity index (χ0) is 33.0. The molecule has 0 N–H and O–H groups in total. The van der Waals surface area contributed by atoms with E-state index in [0.29, 0.717) is 38.5 Å². The standard InChI is InChI=1S/C32H56O10/c1-13-28(7,14-2)24(34)39-19-30(9,17-5)26(36)41-21-32(11,23(33)38-12)22-42-27(37)31(10,18-6)20-40-25(35)29(8,15-3)16-4/h13-22H2,1-12H3. The van der Waals surface area contributed by atoms with Gasteiger partial charge >= 0.3 is 29.8 Å². The van der Waals surface area contributed by atoms with Crippen LogP contribution in [0.15, 0.2) is 0 Å². The summed E-state index contributed by atoms with van der Waals surface area (Å²) >= 11 is 0. The topological polar surface area (TPSA) is 132 Å². The number of carbonyl (C=O) groups excluding carboxylic acids is 5. The average Bonchev–Trinajstić information content (AvgIpc) is 3.01. The van der Waals surface area contributed by atoms with Gasteiger partial charge in [-0.05, 0) is 73.1 Å². The Labute approximate surface area is 252 Å². The number of methoxy groups -OCH3 is 1. The maximum Gasteiger partial charge on any atom is 0.318 e. The highest BCUT2D eigenvalue weighted by Gasteiger charge is 2.44. The fraction of sp³-hybridized carbons (Fsp3) is 0.844. The number of esters is 5. The van der Waals surface area contributed by atoms with Gasteiger partial charge in [-0.2, -0.15) is 0 Å². The van der Waals surface area contributed by atoms with Gasteiger partial charge in [0.05, 0.1) is 28.8 Å². The summed E-state index contributed by atoms with van der Waals surface area (Å²) in [6.45, 7) is 18.3. The van der Waals surface area contributed by atoms with Crippen molar-refractivity contribution in [2.75, 3.05) is 33.5 Å². The van der Waals surface area contributed by atoms with Crippen molar-refractivity contribution in [3.05, 3.63) is 0 Å². The van der Waals surface area contributed by atoms with Crippen LogP contribution >= 0.6 is 0 Å². The lowest BCUT2D eigenvalue weighted by atomic mass is 9.84. The molecule has 2 atom stereocenters. The first-order chi connectivity index (χ1) is 19.4. The van der Waals surface area contributed by atoms with Crippen LogP contribution in [-0.4, -0.2) is 63.4 Å². The first-order valence-corrected chi connectivity index (χ1v) is 15.1. The normalized spacial score (nSPS) is 16.2. The van der Waals surface area contributed by atoms with Crippen LogP contribution in [0, 0.1) is 27.1 Å². The number of ether oxygens (including phenoxy) is 5. The Kier molecular flexibility index (Phi) is 15.2. The Balaban J connectivity index is 5.55. The summed E-state index contributed by atoms with van der Waals surface area (Å²) in [5, 5.41) is 0. The van der Waals surface area contributed by atoms with E-state index in [4.69, 9.17) is 23.7 Å². The molecule has 0 radical (unpaired) electrons. The van der Waals surface area contributed by atoms with E-state index in [1.54, 1.807) is 27.7 Å².